The second-order valence-electron chi connectivity index (χ2n) is 4.97. The zero-order chi connectivity index (χ0) is 14.5. The topological polar surface area (TPSA) is 49.3 Å². The van der Waals surface area contributed by atoms with Crippen LogP contribution in [0.15, 0.2) is 41.8 Å². The smallest absolute Gasteiger partial charge is 0.305 e. The molecule has 1 aromatic carbocycles. The summed E-state index contributed by atoms with van der Waals surface area (Å²) in [5.74, 6) is -0.785. The van der Waals surface area contributed by atoms with Crippen molar-refractivity contribution < 1.29 is 9.90 Å². The minimum Gasteiger partial charge on any atom is -0.481 e. The fourth-order valence-electron chi connectivity index (χ4n) is 2.24. The van der Waals surface area contributed by atoms with Crippen LogP contribution in [0.2, 0.25) is 0 Å². The third-order valence-corrected chi connectivity index (χ3v) is 4.24. The Kier molecular flexibility index (Phi) is 4.93. The summed E-state index contributed by atoms with van der Waals surface area (Å²) in [5.41, 5.74) is 2.39. The van der Waals surface area contributed by atoms with Gasteiger partial charge in [-0.3, -0.25) is 4.79 Å². The number of hydrogen-bond donors (Lipinski definition) is 2. The molecule has 0 saturated carbocycles. The minimum absolute atomic E-state index is 0.0939. The number of hydrogen-bond acceptors (Lipinski definition) is 3. The number of carboxylic acid groups (broad SMARTS) is 1. The van der Waals surface area contributed by atoms with Crippen molar-refractivity contribution in [2.24, 2.45) is 0 Å². The molecule has 0 bridgehead atoms. The monoisotopic (exact) mass is 289 g/mol. The van der Waals surface area contributed by atoms with Crippen LogP contribution in [0.3, 0.4) is 0 Å². The van der Waals surface area contributed by atoms with Crippen molar-refractivity contribution in [1.82, 2.24) is 5.32 Å². The standard InChI is InChI=1S/C16H19NO2S/c1-11-5-3-6-13(9-11)12(2)17-14(10-16(18)19)15-7-4-8-20-15/h3-9,12,14,17H,10H2,1-2H3,(H,18,19). The van der Waals surface area contributed by atoms with E-state index in [1.165, 1.54) is 11.1 Å². The van der Waals surface area contributed by atoms with Crippen LogP contribution in [0.4, 0.5) is 0 Å². The first-order valence-corrected chi connectivity index (χ1v) is 7.52. The van der Waals surface area contributed by atoms with Crippen LogP contribution in [-0.4, -0.2) is 11.1 Å². The molecule has 20 heavy (non-hydrogen) atoms. The van der Waals surface area contributed by atoms with Crippen LogP contribution in [-0.2, 0) is 4.79 Å². The molecular formula is C16H19NO2S. The molecule has 2 rings (SSSR count). The lowest BCUT2D eigenvalue weighted by atomic mass is 10.0. The first-order valence-electron chi connectivity index (χ1n) is 6.64. The zero-order valence-electron chi connectivity index (χ0n) is 11.7. The molecule has 0 saturated heterocycles. The number of carboxylic acids is 1. The maximum atomic E-state index is 11.0. The summed E-state index contributed by atoms with van der Waals surface area (Å²) >= 11 is 1.59. The van der Waals surface area contributed by atoms with Crippen LogP contribution >= 0.6 is 11.3 Å². The lowest BCUT2D eigenvalue weighted by molar-refractivity contribution is -0.137. The molecule has 4 heteroatoms. The van der Waals surface area contributed by atoms with E-state index in [0.29, 0.717) is 0 Å². The van der Waals surface area contributed by atoms with Crippen LogP contribution in [0, 0.1) is 6.92 Å². The Bertz CT molecular complexity index is 566. The van der Waals surface area contributed by atoms with Crippen LogP contribution in [0.1, 0.15) is 41.4 Å². The van der Waals surface area contributed by atoms with Crippen molar-refractivity contribution in [2.75, 3.05) is 0 Å². The number of nitrogens with one attached hydrogen (secondary N) is 1. The van der Waals surface area contributed by atoms with Gasteiger partial charge in [0.2, 0.25) is 0 Å². The maximum Gasteiger partial charge on any atom is 0.305 e. The third-order valence-electron chi connectivity index (χ3n) is 3.26. The minimum atomic E-state index is -0.785. The predicted molar refractivity (Wildman–Crippen MR) is 82.0 cm³/mol. The van der Waals surface area contributed by atoms with Crippen molar-refractivity contribution in [2.45, 2.75) is 32.4 Å². The Morgan fingerprint density at radius 3 is 2.75 bits per heavy atom. The molecule has 0 radical (unpaired) electrons. The van der Waals surface area contributed by atoms with E-state index in [2.05, 4.69) is 37.4 Å². The second-order valence-corrected chi connectivity index (χ2v) is 5.95. The molecule has 1 heterocycles. The summed E-state index contributed by atoms with van der Waals surface area (Å²) in [6.07, 6.45) is 0.0939. The van der Waals surface area contributed by atoms with Crippen LogP contribution in [0.25, 0.3) is 0 Å². The molecule has 0 aliphatic heterocycles. The van der Waals surface area contributed by atoms with E-state index in [-0.39, 0.29) is 18.5 Å². The van der Waals surface area contributed by atoms with Crippen molar-refractivity contribution >= 4 is 17.3 Å². The first kappa shape index (κ1) is 14.8. The summed E-state index contributed by atoms with van der Waals surface area (Å²) in [5, 5.41) is 14.5. The van der Waals surface area contributed by atoms with Crippen molar-refractivity contribution in [3.05, 3.63) is 57.8 Å². The average molecular weight is 289 g/mol. The summed E-state index contributed by atoms with van der Waals surface area (Å²) < 4.78 is 0. The van der Waals surface area contributed by atoms with Gasteiger partial charge in [-0.2, -0.15) is 0 Å². The number of aryl methyl sites for hydroxylation is 1. The van der Waals surface area contributed by atoms with Gasteiger partial charge in [0.15, 0.2) is 0 Å². The van der Waals surface area contributed by atoms with Gasteiger partial charge in [-0.05, 0) is 30.9 Å². The fraction of sp³-hybridized carbons (Fsp3) is 0.312. The van der Waals surface area contributed by atoms with Gasteiger partial charge in [0, 0.05) is 10.9 Å². The van der Waals surface area contributed by atoms with Crippen molar-refractivity contribution in [1.29, 1.82) is 0 Å². The zero-order valence-corrected chi connectivity index (χ0v) is 12.5. The molecule has 2 aromatic rings. The molecule has 0 amide bonds. The Morgan fingerprint density at radius 2 is 2.15 bits per heavy atom. The Hall–Kier alpha value is -1.65. The Labute approximate surface area is 123 Å². The van der Waals surface area contributed by atoms with E-state index in [4.69, 9.17) is 5.11 Å². The molecule has 2 atom stereocenters. The van der Waals surface area contributed by atoms with Gasteiger partial charge >= 0.3 is 5.97 Å². The van der Waals surface area contributed by atoms with E-state index in [1.807, 2.05) is 23.6 Å². The summed E-state index contributed by atoms with van der Waals surface area (Å²) in [6, 6.07) is 12.2. The number of benzene rings is 1. The largest absolute Gasteiger partial charge is 0.481 e. The van der Waals surface area contributed by atoms with Gasteiger partial charge < -0.3 is 10.4 Å². The van der Waals surface area contributed by atoms with E-state index in [1.54, 1.807) is 11.3 Å². The third kappa shape index (κ3) is 3.92. The Balaban J connectivity index is 2.13. The Morgan fingerprint density at radius 1 is 1.35 bits per heavy atom. The maximum absolute atomic E-state index is 11.0. The van der Waals surface area contributed by atoms with E-state index in [9.17, 15) is 4.79 Å². The van der Waals surface area contributed by atoms with E-state index < -0.39 is 5.97 Å². The number of rotatable bonds is 6. The number of carbonyl (C=O) groups is 1. The van der Waals surface area contributed by atoms with Crippen molar-refractivity contribution in [3.63, 3.8) is 0 Å². The van der Waals surface area contributed by atoms with Gasteiger partial charge in [0.25, 0.3) is 0 Å². The number of thiophene rings is 1. The fourth-order valence-corrected chi connectivity index (χ4v) is 3.03. The molecule has 3 nitrogen and oxygen atoms in total. The molecule has 106 valence electrons. The molecular weight excluding hydrogens is 270 g/mol. The average Bonchev–Trinajstić information content (AvgIpc) is 2.91. The quantitative estimate of drug-likeness (QED) is 0.847. The molecule has 0 spiro atoms. The molecule has 2 N–H and O–H groups in total. The lowest BCUT2D eigenvalue weighted by Gasteiger charge is -2.22. The molecule has 0 fully saturated rings. The van der Waals surface area contributed by atoms with Gasteiger partial charge in [-0.1, -0.05) is 35.9 Å². The molecule has 0 aliphatic rings. The van der Waals surface area contributed by atoms with Gasteiger partial charge in [0.05, 0.1) is 12.5 Å². The summed E-state index contributed by atoms with van der Waals surface area (Å²) in [6.45, 7) is 4.13. The SMILES string of the molecule is Cc1cccc(C(C)NC(CC(=O)O)c2cccs2)c1. The first-order chi connectivity index (χ1) is 9.56. The molecule has 2 unspecified atom stereocenters. The summed E-state index contributed by atoms with van der Waals surface area (Å²) in [7, 11) is 0. The molecule has 1 aromatic heterocycles. The van der Waals surface area contributed by atoms with Crippen LogP contribution in [0.5, 0.6) is 0 Å². The van der Waals surface area contributed by atoms with Gasteiger partial charge in [0.1, 0.15) is 0 Å². The predicted octanol–water partition coefficient (Wildman–Crippen LogP) is 3.92. The lowest BCUT2D eigenvalue weighted by Crippen LogP contribution is -2.26. The normalized spacial score (nSPS) is 13.9. The summed E-state index contributed by atoms with van der Waals surface area (Å²) in [4.78, 5) is 12.1. The van der Waals surface area contributed by atoms with Gasteiger partial charge in [-0.15, -0.1) is 11.3 Å². The van der Waals surface area contributed by atoms with E-state index in [0.717, 1.165) is 4.88 Å². The van der Waals surface area contributed by atoms with Gasteiger partial charge in [-0.25, -0.2) is 0 Å². The highest BCUT2D eigenvalue weighted by atomic mass is 32.1. The highest BCUT2D eigenvalue weighted by molar-refractivity contribution is 7.10. The number of aliphatic carboxylic acids is 1. The highest BCUT2D eigenvalue weighted by Crippen LogP contribution is 2.26. The highest BCUT2D eigenvalue weighted by Gasteiger charge is 2.19. The van der Waals surface area contributed by atoms with Crippen molar-refractivity contribution in [3.8, 4) is 0 Å². The molecule has 0 aliphatic carbocycles. The second kappa shape index (κ2) is 6.68. The van der Waals surface area contributed by atoms with E-state index >= 15 is 0 Å². The van der Waals surface area contributed by atoms with Crippen LogP contribution < -0.4 is 5.32 Å².